The van der Waals surface area contributed by atoms with E-state index >= 15 is 0 Å². The molecule has 1 N–H and O–H groups in total. The van der Waals surface area contributed by atoms with Crippen LogP contribution >= 0.6 is 11.8 Å². The zero-order valence-corrected chi connectivity index (χ0v) is 9.37. The van der Waals surface area contributed by atoms with Gasteiger partial charge in [0.2, 0.25) is 0 Å². The lowest BCUT2D eigenvalue weighted by Crippen LogP contribution is -2.15. The van der Waals surface area contributed by atoms with Gasteiger partial charge in [-0.05, 0) is 12.1 Å². The Kier molecular flexibility index (Phi) is 5.21. The van der Waals surface area contributed by atoms with Crippen LogP contribution in [0.1, 0.15) is 6.42 Å². The number of esters is 1. The van der Waals surface area contributed by atoms with E-state index in [1.165, 1.54) is 18.9 Å². The minimum atomic E-state index is -0.294. The van der Waals surface area contributed by atoms with Crippen molar-refractivity contribution in [3.8, 4) is 0 Å². The van der Waals surface area contributed by atoms with Crippen molar-refractivity contribution >= 4 is 17.7 Å². The summed E-state index contributed by atoms with van der Waals surface area (Å²) < 4.78 is 4.56. The van der Waals surface area contributed by atoms with Gasteiger partial charge >= 0.3 is 5.97 Å². The number of benzene rings is 1. The van der Waals surface area contributed by atoms with Crippen LogP contribution in [-0.4, -0.2) is 30.0 Å². The number of methoxy groups -OCH3 is 1. The normalized spacial score (nSPS) is 12.1. The molecule has 0 spiro atoms. The fraction of sp³-hybridized carbons (Fsp3) is 0.364. The molecule has 0 unspecified atom stereocenters. The van der Waals surface area contributed by atoms with Crippen LogP contribution in [0.5, 0.6) is 0 Å². The molecule has 3 nitrogen and oxygen atoms in total. The second-order valence-corrected chi connectivity index (χ2v) is 4.39. The average Bonchev–Trinajstić information content (AvgIpc) is 2.29. The van der Waals surface area contributed by atoms with E-state index in [4.69, 9.17) is 5.11 Å². The van der Waals surface area contributed by atoms with Gasteiger partial charge in [0.05, 0.1) is 20.1 Å². The summed E-state index contributed by atoms with van der Waals surface area (Å²) >= 11 is 1.48. The second kappa shape index (κ2) is 6.48. The molecule has 1 aromatic rings. The Morgan fingerprint density at radius 2 is 2.13 bits per heavy atom. The Labute approximate surface area is 93.4 Å². The SMILES string of the molecule is COC(=O)C[C@H](CO)Sc1ccccc1. The molecule has 1 rings (SSSR count). The van der Waals surface area contributed by atoms with Crippen LogP contribution in [0.15, 0.2) is 35.2 Å². The molecule has 0 radical (unpaired) electrons. The summed E-state index contributed by atoms with van der Waals surface area (Å²) in [5.74, 6) is -0.294. The summed E-state index contributed by atoms with van der Waals surface area (Å²) in [6.07, 6.45) is 0.229. The third-order valence-corrected chi connectivity index (χ3v) is 3.07. The van der Waals surface area contributed by atoms with Crippen molar-refractivity contribution in [3.63, 3.8) is 0 Å². The molecular weight excluding hydrogens is 212 g/mol. The van der Waals surface area contributed by atoms with Gasteiger partial charge in [0, 0.05) is 10.1 Å². The number of hydrogen-bond acceptors (Lipinski definition) is 4. The third kappa shape index (κ3) is 4.36. The second-order valence-electron chi connectivity index (χ2n) is 3.02. The highest BCUT2D eigenvalue weighted by molar-refractivity contribution is 8.00. The number of hydrogen-bond donors (Lipinski definition) is 1. The molecule has 0 aromatic heterocycles. The van der Waals surface area contributed by atoms with Crippen molar-refractivity contribution in [2.45, 2.75) is 16.6 Å². The van der Waals surface area contributed by atoms with E-state index in [2.05, 4.69) is 4.74 Å². The van der Waals surface area contributed by atoms with Crippen molar-refractivity contribution < 1.29 is 14.6 Å². The summed E-state index contributed by atoms with van der Waals surface area (Å²) in [7, 11) is 1.35. The predicted molar refractivity (Wildman–Crippen MR) is 59.8 cm³/mol. The minimum absolute atomic E-state index is 0.0331. The molecule has 0 aliphatic heterocycles. The van der Waals surface area contributed by atoms with Crippen molar-refractivity contribution in [3.05, 3.63) is 30.3 Å². The minimum Gasteiger partial charge on any atom is -0.469 e. The van der Waals surface area contributed by atoms with Crippen molar-refractivity contribution in [2.24, 2.45) is 0 Å². The summed E-state index contributed by atoms with van der Waals surface area (Å²) in [5, 5.41) is 8.96. The Morgan fingerprint density at radius 1 is 1.47 bits per heavy atom. The molecule has 82 valence electrons. The highest BCUT2D eigenvalue weighted by Crippen LogP contribution is 2.24. The molecule has 0 saturated heterocycles. The van der Waals surface area contributed by atoms with Gasteiger partial charge in [0.25, 0.3) is 0 Å². The fourth-order valence-electron chi connectivity index (χ4n) is 1.10. The molecule has 0 saturated carbocycles. The highest BCUT2D eigenvalue weighted by Gasteiger charge is 2.14. The van der Waals surface area contributed by atoms with E-state index in [1.807, 2.05) is 30.3 Å². The fourth-order valence-corrected chi connectivity index (χ4v) is 2.10. The number of aliphatic hydroxyl groups excluding tert-OH is 1. The molecule has 0 bridgehead atoms. The number of ether oxygens (including phenoxy) is 1. The largest absolute Gasteiger partial charge is 0.469 e. The van der Waals surface area contributed by atoms with Crippen LogP contribution in [0.25, 0.3) is 0 Å². The van der Waals surface area contributed by atoms with Gasteiger partial charge in [-0.3, -0.25) is 4.79 Å². The zero-order chi connectivity index (χ0) is 11.1. The number of rotatable bonds is 5. The highest BCUT2D eigenvalue weighted by atomic mass is 32.2. The monoisotopic (exact) mass is 226 g/mol. The molecule has 0 fully saturated rings. The third-order valence-electron chi connectivity index (χ3n) is 1.87. The number of thioether (sulfide) groups is 1. The molecule has 1 aromatic carbocycles. The summed E-state index contributed by atoms with van der Waals surface area (Å²) in [6, 6.07) is 9.68. The first-order valence-electron chi connectivity index (χ1n) is 4.65. The first-order chi connectivity index (χ1) is 7.26. The maximum absolute atomic E-state index is 11.0. The Balaban J connectivity index is 2.50. The maximum Gasteiger partial charge on any atom is 0.306 e. The Morgan fingerprint density at radius 3 is 2.67 bits per heavy atom. The predicted octanol–water partition coefficient (Wildman–Crippen LogP) is 1.70. The van der Waals surface area contributed by atoms with E-state index < -0.39 is 0 Å². The van der Waals surface area contributed by atoms with Crippen LogP contribution in [0.3, 0.4) is 0 Å². The van der Waals surface area contributed by atoms with E-state index in [9.17, 15) is 4.79 Å². The standard InChI is InChI=1S/C11H14O3S/c1-14-11(13)7-10(8-12)15-9-5-3-2-4-6-9/h2-6,10,12H,7-8H2,1H3/t10-/m1/s1. The lowest BCUT2D eigenvalue weighted by Gasteiger charge is -2.11. The maximum atomic E-state index is 11.0. The molecular formula is C11H14O3S. The van der Waals surface area contributed by atoms with Crippen molar-refractivity contribution in [2.75, 3.05) is 13.7 Å². The van der Waals surface area contributed by atoms with Crippen molar-refractivity contribution in [1.29, 1.82) is 0 Å². The zero-order valence-electron chi connectivity index (χ0n) is 8.55. The average molecular weight is 226 g/mol. The van der Waals surface area contributed by atoms with Crippen LogP contribution in [0, 0.1) is 0 Å². The molecule has 4 heteroatoms. The molecule has 0 heterocycles. The molecule has 1 atom stereocenters. The van der Waals surface area contributed by atoms with Crippen LogP contribution in [0.4, 0.5) is 0 Å². The topological polar surface area (TPSA) is 46.5 Å². The van der Waals surface area contributed by atoms with Gasteiger partial charge in [0.15, 0.2) is 0 Å². The van der Waals surface area contributed by atoms with Gasteiger partial charge in [-0.2, -0.15) is 0 Å². The molecule has 15 heavy (non-hydrogen) atoms. The molecule has 0 amide bonds. The lowest BCUT2D eigenvalue weighted by atomic mass is 10.3. The Hall–Kier alpha value is -1.00. The summed E-state index contributed by atoms with van der Waals surface area (Å²) in [6.45, 7) is -0.0331. The van der Waals surface area contributed by atoms with E-state index in [1.54, 1.807) is 0 Å². The molecule has 0 aliphatic carbocycles. The smallest absolute Gasteiger partial charge is 0.306 e. The number of carbonyl (C=O) groups is 1. The van der Waals surface area contributed by atoms with Crippen LogP contribution < -0.4 is 0 Å². The van der Waals surface area contributed by atoms with E-state index in [0.29, 0.717) is 0 Å². The first kappa shape index (κ1) is 12.1. The Bertz CT molecular complexity index is 300. The quantitative estimate of drug-likeness (QED) is 0.613. The van der Waals surface area contributed by atoms with Gasteiger partial charge in [-0.15, -0.1) is 11.8 Å². The van der Waals surface area contributed by atoms with Crippen molar-refractivity contribution in [1.82, 2.24) is 0 Å². The summed E-state index contributed by atoms with van der Waals surface area (Å²) in [4.78, 5) is 12.1. The van der Waals surface area contributed by atoms with Gasteiger partial charge in [-0.25, -0.2) is 0 Å². The van der Waals surface area contributed by atoms with Crippen LogP contribution in [-0.2, 0) is 9.53 Å². The van der Waals surface area contributed by atoms with Crippen LogP contribution in [0.2, 0.25) is 0 Å². The summed E-state index contributed by atoms with van der Waals surface area (Å²) in [5.41, 5.74) is 0. The van der Waals surface area contributed by atoms with Gasteiger partial charge < -0.3 is 9.84 Å². The molecule has 0 aliphatic rings. The van der Waals surface area contributed by atoms with E-state index in [0.717, 1.165) is 4.90 Å². The lowest BCUT2D eigenvalue weighted by molar-refractivity contribution is -0.140. The van der Waals surface area contributed by atoms with Gasteiger partial charge in [0.1, 0.15) is 0 Å². The number of aliphatic hydroxyl groups is 1. The van der Waals surface area contributed by atoms with E-state index in [-0.39, 0.29) is 24.2 Å². The first-order valence-corrected chi connectivity index (χ1v) is 5.53. The van der Waals surface area contributed by atoms with Gasteiger partial charge in [-0.1, -0.05) is 18.2 Å². The number of carbonyl (C=O) groups excluding carboxylic acids is 1.